The van der Waals surface area contributed by atoms with Gasteiger partial charge in [0.2, 0.25) is 0 Å². The minimum Gasteiger partial charge on any atom is -0.0622 e. The average molecular weight is 501 g/mol. The van der Waals surface area contributed by atoms with Gasteiger partial charge in [-0.3, -0.25) is 0 Å². The van der Waals surface area contributed by atoms with Gasteiger partial charge in [0.1, 0.15) is 0 Å². The summed E-state index contributed by atoms with van der Waals surface area (Å²) in [6.07, 6.45) is 2.41. The van der Waals surface area contributed by atoms with Crippen molar-refractivity contribution in [1.29, 1.82) is 0 Å². The van der Waals surface area contributed by atoms with Crippen molar-refractivity contribution >= 4 is 37.1 Å². The molecular formula is C26H24P2Rh. The third-order valence-corrected chi connectivity index (χ3v) is 10.2. The van der Waals surface area contributed by atoms with Crippen LogP contribution in [0.3, 0.4) is 0 Å². The molecule has 4 aromatic rings. The molecule has 147 valence electrons. The van der Waals surface area contributed by atoms with Crippen LogP contribution in [-0.2, 0) is 19.5 Å². The molecule has 0 aliphatic heterocycles. The van der Waals surface area contributed by atoms with Crippen LogP contribution in [0, 0.1) is 0 Å². The first kappa shape index (κ1) is 22.1. The van der Waals surface area contributed by atoms with E-state index in [1.807, 2.05) is 0 Å². The molecule has 0 saturated heterocycles. The standard InChI is InChI=1S/C26H24P2.Rh/c1-5-13-23(14-6-1)27(24-15-7-2-8-16-24)21-22-28(25-17-9-3-10-18-25)26-19-11-4-12-20-26;/h1-20H,21-22H2;. The second-order valence-electron chi connectivity index (χ2n) is 6.65. The van der Waals surface area contributed by atoms with Gasteiger partial charge in [-0.25, -0.2) is 0 Å². The summed E-state index contributed by atoms with van der Waals surface area (Å²) in [6.45, 7) is 0. The Morgan fingerprint density at radius 1 is 0.345 bits per heavy atom. The Morgan fingerprint density at radius 3 is 0.759 bits per heavy atom. The zero-order chi connectivity index (χ0) is 19.0. The fourth-order valence-electron chi connectivity index (χ4n) is 3.45. The molecule has 0 aliphatic rings. The van der Waals surface area contributed by atoms with E-state index in [9.17, 15) is 0 Å². The van der Waals surface area contributed by atoms with E-state index >= 15 is 0 Å². The third-order valence-electron chi connectivity index (χ3n) is 4.82. The second-order valence-corrected chi connectivity index (χ2v) is 11.3. The molecule has 0 spiro atoms. The van der Waals surface area contributed by atoms with Crippen LogP contribution in [0.25, 0.3) is 0 Å². The van der Waals surface area contributed by atoms with Gasteiger partial charge in [0, 0.05) is 19.5 Å². The van der Waals surface area contributed by atoms with Crippen molar-refractivity contribution in [3.05, 3.63) is 121 Å². The fourth-order valence-corrected chi connectivity index (χ4v) is 8.80. The molecule has 0 atom stereocenters. The van der Waals surface area contributed by atoms with Crippen LogP contribution in [0.1, 0.15) is 0 Å². The van der Waals surface area contributed by atoms with Crippen molar-refractivity contribution in [2.45, 2.75) is 0 Å². The van der Waals surface area contributed by atoms with Gasteiger partial charge in [0.25, 0.3) is 0 Å². The molecule has 0 N–H and O–H groups in total. The molecule has 4 rings (SSSR count). The molecule has 0 amide bonds. The first-order valence-corrected chi connectivity index (χ1v) is 12.7. The molecule has 0 fully saturated rings. The normalized spacial score (nSPS) is 10.7. The van der Waals surface area contributed by atoms with Crippen LogP contribution in [-0.4, -0.2) is 12.3 Å². The summed E-state index contributed by atoms with van der Waals surface area (Å²) in [5.74, 6) is 0. The maximum absolute atomic E-state index is 2.30. The van der Waals surface area contributed by atoms with Crippen molar-refractivity contribution < 1.29 is 19.5 Å². The maximum Gasteiger partial charge on any atom is 0 e. The van der Waals surface area contributed by atoms with E-state index in [1.54, 1.807) is 0 Å². The van der Waals surface area contributed by atoms with E-state index in [2.05, 4.69) is 121 Å². The average Bonchev–Trinajstić information content (AvgIpc) is 2.79. The number of hydrogen-bond acceptors (Lipinski definition) is 0. The van der Waals surface area contributed by atoms with Gasteiger partial charge in [-0.15, -0.1) is 0 Å². The topological polar surface area (TPSA) is 0 Å². The summed E-state index contributed by atoms with van der Waals surface area (Å²) >= 11 is 0. The number of hydrogen-bond donors (Lipinski definition) is 0. The Kier molecular flexibility index (Phi) is 8.76. The summed E-state index contributed by atoms with van der Waals surface area (Å²) in [4.78, 5) is 0. The predicted molar refractivity (Wildman–Crippen MR) is 128 cm³/mol. The molecule has 0 aromatic heterocycles. The van der Waals surface area contributed by atoms with Gasteiger partial charge in [-0.2, -0.15) is 0 Å². The summed E-state index contributed by atoms with van der Waals surface area (Å²) in [5, 5.41) is 5.89. The van der Waals surface area contributed by atoms with Crippen molar-refractivity contribution in [3.63, 3.8) is 0 Å². The Balaban J connectivity index is 0.00000240. The first-order chi connectivity index (χ1) is 13.9. The molecule has 3 heteroatoms. The van der Waals surface area contributed by atoms with E-state index in [0.717, 1.165) is 0 Å². The van der Waals surface area contributed by atoms with Crippen LogP contribution in [0.4, 0.5) is 0 Å². The Hall–Kier alpha value is -1.64. The van der Waals surface area contributed by atoms with Gasteiger partial charge < -0.3 is 0 Å². The van der Waals surface area contributed by atoms with Gasteiger partial charge >= 0.3 is 0 Å². The molecular weight excluding hydrogens is 477 g/mol. The van der Waals surface area contributed by atoms with Crippen molar-refractivity contribution in [3.8, 4) is 0 Å². The molecule has 0 nitrogen and oxygen atoms in total. The molecule has 0 saturated carbocycles. The second kappa shape index (κ2) is 11.5. The minimum absolute atomic E-state index is 0. The zero-order valence-corrected chi connectivity index (χ0v) is 19.6. The Bertz CT molecular complexity index is 798. The van der Waals surface area contributed by atoms with Crippen molar-refractivity contribution in [2.24, 2.45) is 0 Å². The molecule has 1 radical (unpaired) electrons. The van der Waals surface area contributed by atoms with Gasteiger partial charge in [0.15, 0.2) is 0 Å². The Labute approximate surface area is 189 Å². The monoisotopic (exact) mass is 501 g/mol. The molecule has 0 unspecified atom stereocenters. The number of benzene rings is 4. The predicted octanol–water partition coefficient (Wildman–Crippen LogP) is 5.25. The summed E-state index contributed by atoms with van der Waals surface area (Å²) in [7, 11) is -0.696. The number of rotatable bonds is 7. The molecule has 4 aromatic carbocycles. The first-order valence-electron chi connectivity index (χ1n) is 9.67. The van der Waals surface area contributed by atoms with Gasteiger partial charge in [0.05, 0.1) is 0 Å². The minimum atomic E-state index is -0.348. The van der Waals surface area contributed by atoms with Crippen molar-refractivity contribution in [1.82, 2.24) is 0 Å². The summed E-state index contributed by atoms with van der Waals surface area (Å²) in [5.41, 5.74) is 0. The molecule has 0 bridgehead atoms. The van der Waals surface area contributed by atoms with Gasteiger partial charge in [-0.05, 0) is 49.4 Å². The van der Waals surface area contributed by atoms with E-state index in [-0.39, 0.29) is 35.3 Å². The van der Waals surface area contributed by atoms with Crippen LogP contribution >= 0.6 is 15.8 Å². The Morgan fingerprint density at radius 2 is 0.552 bits per heavy atom. The van der Waals surface area contributed by atoms with Crippen LogP contribution in [0.5, 0.6) is 0 Å². The summed E-state index contributed by atoms with van der Waals surface area (Å²) in [6, 6.07) is 44.2. The largest absolute Gasteiger partial charge is 0.0622 e. The quantitative estimate of drug-likeness (QED) is 0.240. The van der Waals surface area contributed by atoms with E-state index < -0.39 is 0 Å². The third kappa shape index (κ3) is 5.93. The van der Waals surface area contributed by atoms with E-state index in [4.69, 9.17) is 0 Å². The van der Waals surface area contributed by atoms with Crippen molar-refractivity contribution in [2.75, 3.05) is 12.3 Å². The SMILES string of the molecule is [Rh].c1ccc(P(CCP(c2ccccc2)c2ccccc2)c2ccccc2)cc1. The van der Waals surface area contributed by atoms with Gasteiger partial charge in [-0.1, -0.05) is 121 Å². The molecule has 29 heavy (non-hydrogen) atoms. The summed E-state index contributed by atoms with van der Waals surface area (Å²) < 4.78 is 0. The van der Waals surface area contributed by atoms with Crippen LogP contribution in [0.2, 0.25) is 0 Å². The zero-order valence-electron chi connectivity index (χ0n) is 16.2. The van der Waals surface area contributed by atoms with E-state index in [1.165, 1.54) is 33.5 Å². The molecule has 0 heterocycles. The fraction of sp³-hybridized carbons (Fsp3) is 0.0769. The van der Waals surface area contributed by atoms with E-state index in [0.29, 0.717) is 0 Å². The van der Waals surface area contributed by atoms with Crippen LogP contribution < -0.4 is 21.2 Å². The smallest absolute Gasteiger partial charge is 0 e. The molecule has 0 aliphatic carbocycles. The van der Waals surface area contributed by atoms with Crippen LogP contribution in [0.15, 0.2) is 121 Å². The maximum atomic E-state index is 2.30.